The first-order valence-corrected chi connectivity index (χ1v) is 16.6. The van der Waals surface area contributed by atoms with E-state index in [4.69, 9.17) is 16.1 Å². The molecule has 5 aromatic rings. The standard InChI is InChI=1S/C36H35ClN2O5S.Na/c1-36(2,3)30-15-11-26(12-16-30)32(21-24-7-9-27(10-8-24)35(40)38-19-20-45(41,42)43)33-23-34(44-39-33)29-6-4-5-28(22-29)25-13-17-31(37)18-14-25;/h4-18,22-23,32H,19-21H2,1-3H3,(H,38,40)(H,41,42,43);/q;+1/p-1. The molecule has 1 amide bonds. The predicted octanol–water partition coefficient (Wildman–Crippen LogP) is 4.61. The number of nitrogens with zero attached hydrogens (tertiary/aromatic N) is 1. The number of carbonyl (C=O) groups excluding carboxylic acids is 1. The summed E-state index contributed by atoms with van der Waals surface area (Å²) in [6.45, 7) is 6.30. The molecule has 0 saturated heterocycles. The molecule has 1 atom stereocenters. The molecule has 1 N–H and O–H groups in total. The molecule has 10 heteroatoms. The van der Waals surface area contributed by atoms with E-state index in [-0.39, 0.29) is 47.4 Å². The van der Waals surface area contributed by atoms with Gasteiger partial charge in [-0.1, -0.05) is 104 Å². The third kappa shape index (κ3) is 9.41. The number of benzene rings is 4. The van der Waals surface area contributed by atoms with E-state index < -0.39 is 21.8 Å². The average molecular weight is 665 g/mol. The van der Waals surface area contributed by atoms with E-state index in [1.54, 1.807) is 12.1 Å². The Kier molecular flexibility index (Phi) is 11.7. The molecule has 4 aromatic carbocycles. The zero-order valence-corrected chi connectivity index (χ0v) is 29.9. The van der Waals surface area contributed by atoms with Crippen LogP contribution in [0.4, 0.5) is 0 Å². The minimum Gasteiger partial charge on any atom is -0.748 e. The molecule has 1 unspecified atom stereocenters. The van der Waals surface area contributed by atoms with Crippen LogP contribution < -0.4 is 34.9 Å². The first kappa shape index (κ1) is 35.6. The Morgan fingerprint density at radius 1 is 0.891 bits per heavy atom. The Morgan fingerprint density at radius 3 is 2.17 bits per heavy atom. The quantitative estimate of drug-likeness (QED) is 0.172. The number of halogens is 1. The van der Waals surface area contributed by atoms with E-state index in [1.807, 2.05) is 60.7 Å². The van der Waals surface area contributed by atoms with Crippen molar-refractivity contribution in [3.8, 4) is 22.5 Å². The van der Waals surface area contributed by atoms with E-state index in [0.717, 1.165) is 33.5 Å². The summed E-state index contributed by atoms with van der Waals surface area (Å²) >= 11 is 6.08. The Bertz CT molecular complexity index is 1880. The predicted molar refractivity (Wildman–Crippen MR) is 176 cm³/mol. The van der Waals surface area contributed by atoms with Crippen molar-refractivity contribution >= 4 is 27.6 Å². The minimum absolute atomic E-state index is 0. The maximum absolute atomic E-state index is 12.5. The van der Waals surface area contributed by atoms with Crippen LogP contribution in [-0.4, -0.2) is 36.3 Å². The molecule has 46 heavy (non-hydrogen) atoms. The largest absolute Gasteiger partial charge is 1.00 e. The zero-order chi connectivity index (χ0) is 32.2. The van der Waals surface area contributed by atoms with Crippen LogP contribution in [0.25, 0.3) is 22.5 Å². The normalized spacial score (nSPS) is 12.3. The summed E-state index contributed by atoms with van der Waals surface area (Å²) in [5.74, 6) is -0.568. The summed E-state index contributed by atoms with van der Waals surface area (Å²) < 4.78 is 38.4. The minimum atomic E-state index is -4.40. The summed E-state index contributed by atoms with van der Waals surface area (Å²) in [6, 6.07) is 33.4. The van der Waals surface area contributed by atoms with Crippen molar-refractivity contribution < 1.29 is 51.8 Å². The number of hydrogen-bond donors (Lipinski definition) is 1. The van der Waals surface area contributed by atoms with Crippen molar-refractivity contribution in [2.45, 2.75) is 38.5 Å². The molecule has 0 aliphatic carbocycles. The van der Waals surface area contributed by atoms with Gasteiger partial charge in [-0.05, 0) is 70.0 Å². The second kappa shape index (κ2) is 15.1. The Morgan fingerprint density at radius 2 is 1.54 bits per heavy atom. The van der Waals surface area contributed by atoms with E-state index >= 15 is 0 Å². The van der Waals surface area contributed by atoms with Gasteiger partial charge in [0.25, 0.3) is 5.91 Å². The first-order chi connectivity index (χ1) is 21.4. The van der Waals surface area contributed by atoms with Crippen LogP contribution in [0.1, 0.15) is 59.4 Å². The molecule has 0 bridgehead atoms. The fourth-order valence-electron chi connectivity index (χ4n) is 5.11. The topological polar surface area (TPSA) is 112 Å². The molecule has 232 valence electrons. The molecule has 0 spiro atoms. The second-order valence-corrected chi connectivity index (χ2v) is 14.0. The van der Waals surface area contributed by atoms with Gasteiger partial charge in [0.1, 0.15) is 0 Å². The summed E-state index contributed by atoms with van der Waals surface area (Å²) in [6.07, 6.45) is 0.599. The van der Waals surface area contributed by atoms with Crippen molar-refractivity contribution in [2.24, 2.45) is 0 Å². The maximum Gasteiger partial charge on any atom is 1.00 e. The fraction of sp³-hybridized carbons (Fsp3) is 0.222. The average Bonchev–Trinajstić information content (AvgIpc) is 3.50. The SMILES string of the molecule is CC(C)(C)c1ccc(C(Cc2ccc(C(=O)NCCS(=O)(=O)[O-])cc2)c2cc(-c3cccc(-c4ccc(Cl)cc4)c3)on2)cc1.[Na+]. The molecule has 0 aliphatic heterocycles. The third-order valence-corrected chi connectivity index (χ3v) is 8.64. The van der Waals surface area contributed by atoms with Crippen LogP contribution >= 0.6 is 11.6 Å². The summed E-state index contributed by atoms with van der Waals surface area (Å²) in [5, 5.41) is 7.68. The molecule has 0 radical (unpaired) electrons. The number of amides is 1. The summed E-state index contributed by atoms with van der Waals surface area (Å²) in [5.41, 5.74) is 7.45. The number of rotatable bonds is 10. The van der Waals surface area contributed by atoms with Gasteiger partial charge in [-0.15, -0.1) is 0 Å². The van der Waals surface area contributed by atoms with Crippen LogP contribution in [0.2, 0.25) is 5.02 Å². The molecule has 5 rings (SSSR count). The van der Waals surface area contributed by atoms with Gasteiger partial charge in [-0.3, -0.25) is 4.79 Å². The zero-order valence-electron chi connectivity index (χ0n) is 26.3. The number of aromatic nitrogens is 1. The molecule has 1 heterocycles. The van der Waals surface area contributed by atoms with Crippen LogP contribution in [0, 0.1) is 0 Å². The van der Waals surface area contributed by atoms with Crippen LogP contribution in [0.15, 0.2) is 108 Å². The van der Waals surface area contributed by atoms with E-state index in [1.165, 1.54) is 5.56 Å². The van der Waals surface area contributed by atoms with Gasteiger partial charge in [-0.25, -0.2) is 8.42 Å². The van der Waals surface area contributed by atoms with Gasteiger partial charge < -0.3 is 14.4 Å². The van der Waals surface area contributed by atoms with E-state index in [9.17, 15) is 17.8 Å². The summed E-state index contributed by atoms with van der Waals surface area (Å²) in [7, 11) is -4.40. The Labute approximate surface area is 297 Å². The molecule has 0 aliphatic rings. The second-order valence-electron chi connectivity index (χ2n) is 12.0. The van der Waals surface area contributed by atoms with E-state index in [2.05, 4.69) is 61.6 Å². The van der Waals surface area contributed by atoms with Gasteiger partial charge in [0, 0.05) is 34.7 Å². The number of nitrogens with one attached hydrogen (secondary N) is 1. The Balaban J connectivity index is 0.00000480. The van der Waals surface area contributed by atoms with Gasteiger partial charge in [-0.2, -0.15) is 0 Å². The third-order valence-electron chi connectivity index (χ3n) is 7.68. The molecular weight excluding hydrogens is 631 g/mol. The molecule has 1 aromatic heterocycles. The van der Waals surface area contributed by atoms with Gasteiger partial charge >= 0.3 is 29.6 Å². The van der Waals surface area contributed by atoms with Crippen molar-refractivity contribution in [1.82, 2.24) is 10.5 Å². The summed E-state index contributed by atoms with van der Waals surface area (Å²) in [4.78, 5) is 12.5. The molecule has 0 saturated carbocycles. The number of hydrogen-bond acceptors (Lipinski definition) is 6. The van der Waals surface area contributed by atoms with Crippen molar-refractivity contribution in [2.75, 3.05) is 12.3 Å². The van der Waals surface area contributed by atoms with Crippen LogP contribution in [0.3, 0.4) is 0 Å². The van der Waals surface area contributed by atoms with Crippen LogP contribution in [-0.2, 0) is 22.0 Å². The monoisotopic (exact) mass is 664 g/mol. The van der Waals surface area contributed by atoms with Crippen molar-refractivity contribution in [3.63, 3.8) is 0 Å². The van der Waals surface area contributed by atoms with E-state index in [0.29, 0.717) is 22.8 Å². The Hall–Kier alpha value is -3.24. The van der Waals surface area contributed by atoms with Crippen LogP contribution in [0.5, 0.6) is 0 Å². The van der Waals surface area contributed by atoms with Gasteiger partial charge in [0.15, 0.2) is 5.76 Å². The molecular formula is C36H34ClN2NaO5S. The molecule has 0 fully saturated rings. The van der Waals surface area contributed by atoms with Gasteiger partial charge in [0.05, 0.1) is 21.6 Å². The molecule has 7 nitrogen and oxygen atoms in total. The maximum atomic E-state index is 12.5. The van der Waals surface area contributed by atoms with Crippen molar-refractivity contribution in [3.05, 3.63) is 136 Å². The van der Waals surface area contributed by atoms with Crippen molar-refractivity contribution in [1.29, 1.82) is 0 Å². The smallest absolute Gasteiger partial charge is 0.748 e. The van der Waals surface area contributed by atoms with Gasteiger partial charge in [0.2, 0.25) is 0 Å². The number of carbonyl (C=O) groups is 1. The fourth-order valence-corrected chi connectivity index (χ4v) is 5.59. The first-order valence-electron chi connectivity index (χ1n) is 14.6.